The quantitative estimate of drug-likeness (QED) is 0.0815. The van der Waals surface area contributed by atoms with E-state index in [2.05, 4.69) is 100 Å². The molecule has 50 heavy (non-hydrogen) atoms. The molecule has 0 fully saturated rings. The van der Waals surface area contributed by atoms with Crippen molar-refractivity contribution < 1.29 is 19.3 Å². The predicted molar refractivity (Wildman–Crippen MR) is 197 cm³/mol. The van der Waals surface area contributed by atoms with Gasteiger partial charge in [-0.1, -0.05) is 103 Å². The zero-order valence-corrected chi connectivity index (χ0v) is 31.0. The van der Waals surface area contributed by atoms with Gasteiger partial charge in [-0.05, 0) is 59.4 Å². The fourth-order valence-corrected chi connectivity index (χ4v) is 6.49. The second-order valence-electron chi connectivity index (χ2n) is 14.3. The van der Waals surface area contributed by atoms with Gasteiger partial charge < -0.3 is 10.2 Å². The van der Waals surface area contributed by atoms with Crippen molar-refractivity contribution >= 4 is 23.2 Å². The Morgan fingerprint density at radius 3 is 1.16 bits per heavy atom. The number of aryl methyl sites for hydroxylation is 4. The molecule has 3 aromatic carbocycles. The Hall–Kier alpha value is -4.98. The minimum absolute atomic E-state index is 0.237. The molecule has 8 heteroatoms. The summed E-state index contributed by atoms with van der Waals surface area (Å²) in [5.41, 5.74) is 5.47. The number of hydrogen-bond donors (Lipinski definition) is 0. The summed E-state index contributed by atoms with van der Waals surface area (Å²) >= 11 is 0. The first-order valence-electron chi connectivity index (χ1n) is 17.8. The first-order chi connectivity index (χ1) is 23.9. The van der Waals surface area contributed by atoms with Crippen molar-refractivity contribution in [3.63, 3.8) is 0 Å². The summed E-state index contributed by atoms with van der Waals surface area (Å²) in [6.45, 7) is 14.8. The molecule has 5 rings (SSSR count). The predicted octanol–water partition coefficient (Wildman–Crippen LogP) is 6.07. The van der Waals surface area contributed by atoms with Gasteiger partial charge in [-0.3, -0.25) is 9.98 Å². The molecule has 0 amide bonds. The van der Waals surface area contributed by atoms with Crippen molar-refractivity contribution in [2.24, 2.45) is 24.1 Å². The standard InChI is InChI=1S/C42H52N6O2/c1-9-11-25-47-29-27-45(7)39(47)37(49)43-35-21-17-33(18-22-35)41(3,4)31-13-15-32(16-14-31)42(5,6)34-19-23-36(24-20-34)44-38(50)40-46(8)28-30-48(40)26-12-10-2/h13-24,27-30H,9-12,25-26H2,1-8H3. The van der Waals surface area contributed by atoms with Crippen molar-refractivity contribution in [2.45, 2.75) is 91.1 Å². The average Bonchev–Trinajstić information content (AvgIpc) is 3.67. The molecule has 0 unspecified atom stereocenters. The molecule has 0 aliphatic rings. The number of rotatable bonds is 14. The number of aromatic nitrogens is 4. The summed E-state index contributed by atoms with van der Waals surface area (Å²) in [5.74, 6) is 0.702. The van der Waals surface area contributed by atoms with E-state index in [4.69, 9.17) is 0 Å². The number of aliphatic imine (C=N–C) groups is 2. The van der Waals surface area contributed by atoms with E-state index < -0.39 is 0 Å². The Kier molecular flexibility index (Phi) is 11.1. The van der Waals surface area contributed by atoms with Gasteiger partial charge >= 0.3 is 0 Å². The summed E-state index contributed by atoms with van der Waals surface area (Å²) < 4.78 is 7.65. The average molecular weight is 673 g/mol. The third-order valence-corrected chi connectivity index (χ3v) is 10.0. The molecule has 8 nitrogen and oxygen atoms in total. The van der Waals surface area contributed by atoms with Gasteiger partial charge in [0.2, 0.25) is 0 Å². The molecule has 0 bridgehead atoms. The Labute approximate surface area is 297 Å². The van der Waals surface area contributed by atoms with Gasteiger partial charge in [0.1, 0.15) is 24.8 Å². The van der Waals surface area contributed by atoms with Crippen molar-refractivity contribution in [1.82, 2.24) is 9.13 Å². The molecule has 5 aromatic rings. The van der Waals surface area contributed by atoms with E-state index in [0.29, 0.717) is 23.0 Å². The highest BCUT2D eigenvalue weighted by Gasteiger charge is 2.27. The normalized spacial score (nSPS) is 12.9. The zero-order chi connectivity index (χ0) is 36.1. The van der Waals surface area contributed by atoms with Crippen LogP contribution in [0.1, 0.15) is 101 Å². The fourth-order valence-electron chi connectivity index (χ4n) is 6.49. The first kappa shape index (κ1) is 36.3. The Morgan fingerprint density at radius 1 is 0.560 bits per heavy atom. The maximum atomic E-state index is 13.1. The Bertz CT molecular complexity index is 1800. The summed E-state index contributed by atoms with van der Waals surface area (Å²) in [5, 5.41) is 26.2. The second kappa shape index (κ2) is 15.3. The van der Waals surface area contributed by atoms with Crippen molar-refractivity contribution in [3.05, 3.63) is 131 Å². The van der Waals surface area contributed by atoms with Gasteiger partial charge in [-0.2, -0.15) is 0 Å². The van der Waals surface area contributed by atoms with Crippen LogP contribution in [0.15, 0.2) is 108 Å². The summed E-state index contributed by atoms with van der Waals surface area (Å²) in [6.07, 6.45) is 11.9. The number of nitrogens with zero attached hydrogens (tertiary/aromatic N) is 6. The molecule has 0 saturated carbocycles. The van der Waals surface area contributed by atoms with Gasteiger partial charge in [0.15, 0.2) is 0 Å². The number of benzene rings is 3. The van der Waals surface area contributed by atoms with Gasteiger partial charge in [0, 0.05) is 10.8 Å². The Balaban J connectivity index is 1.30. The van der Waals surface area contributed by atoms with Crippen LogP contribution in [0.4, 0.5) is 11.4 Å². The van der Waals surface area contributed by atoms with E-state index in [-0.39, 0.29) is 22.6 Å². The smallest absolute Gasteiger partial charge is 0.292 e. The molecule has 2 aromatic heterocycles. The van der Waals surface area contributed by atoms with Crippen LogP contribution in [0.2, 0.25) is 0 Å². The monoisotopic (exact) mass is 672 g/mol. The largest absolute Gasteiger partial charge is 0.853 e. The highest BCUT2D eigenvalue weighted by Crippen LogP contribution is 2.36. The van der Waals surface area contributed by atoms with Crippen LogP contribution in [-0.2, 0) is 38.0 Å². The highest BCUT2D eigenvalue weighted by atomic mass is 16.3. The van der Waals surface area contributed by atoms with Crippen LogP contribution in [0, 0.1) is 0 Å². The topological polar surface area (TPSA) is 88.5 Å². The lowest BCUT2D eigenvalue weighted by Crippen LogP contribution is -2.40. The van der Waals surface area contributed by atoms with E-state index in [1.54, 1.807) is 0 Å². The second-order valence-corrected chi connectivity index (χ2v) is 14.3. The first-order valence-corrected chi connectivity index (χ1v) is 17.8. The number of hydrogen-bond acceptors (Lipinski definition) is 4. The molecular formula is C42H52N6O2. The summed E-state index contributed by atoms with van der Waals surface area (Å²) in [6, 6.07) is 24.8. The minimum atomic E-state index is -0.255. The van der Waals surface area contributed by atoms with Crippen molar-refractivity contribution in [3.8, 4) is 0 Å². The van der Waals surface area contributed by atoms with E-state index in [9.17, 15) is 10.2 Å². The third-order valence-electron chi connectivity index (χ3n) is 10.0. The lowest BCUT2D eigenvalue weighted by atomic mass is 9.74. The van der Waals surface area contributed by atoms with Crippen LogP contribution in [0.5, 0.6) is 0 Å². The highest BCUT2D eigenvalue weighted by molar-refractivity contribution is 5.88. The van der Waals surface area contributed by atoms with E-state index in [1.165, 1.54) is 11.1 Å². The minimum Gasteiger partial charge on any atom is -0.853 e. The molecule has 0 radical (unpaired) electrons. The van der Waals surface area contributed by atoms with Crippen molar-refractivity contribution in [2.75, 3.05) is 0 Å². The lowest BCUT2D eigenvalue weighted by molar-refractivity contribution is -0.674. The van der Waals surface area contributed by atoms with Gasteiger partial charge in [0.25, 0.3) is 11.6 Å². The summed E-state index contributed by atoms with van der Waals surface area (Å²) in [7, 11) is 3.77. The Morgan fingerprint density at radius 2 is 0.860 bits per heavy atom. The number of imidazole rings is 2. The molecule has 2 heterocycles. The maximum Gasteiger partial charge on any atom is 0.292 e. The number of unbranched alkanes of at least 4 members (excludes halogenated alkanes) is 2. The van der Waals surface area contributed by atoms with Crippen LogP contribution in [0.3, 0.4) is 0 Å². The molecule has 0 atom stereocenters. The molecule has 0 aliphatic heterocycles. The SMILES string of the molecule is CCCCn1cc[n+](C)c1C([O-])=Nc1ccc(C(C)(C)c2ccc(C(C)(C)c3ccc(N=C([O-])c4n(CCCC)cc[n+]4C)cc3)cc2)cc1. The van der Waals surface area contributed by atoms with E-state index in [1.807, 2.05) is 81.4 Å². The lowest BCUT2D eigenvalue weighted by Gasteiger charge is -2.29. The van der Waals surface area contributed by atoms with Gasteiger partial charge in [-0.15, -0.1) is 0 Å². The molecule has 262 valence electrons. The molecule has 0 aliphatic carbocycles. The van der Waals surface area contributed by atoms with E-state index in [0.717, 1.165) is 49.9 Å². The fraction of sp³-hybridized carbons (Fsp3) is 0.381. The van der Waals surface area contributed by atoms with Gasteiger partial charge in [-0.25, -0.2) is 18.3 Å². The van der Waals surface area contributed by atoms with Crippen LogP contribution in [-0.4, -0.2) is 20.9 Å². The summed E-state index contributed by atoms with van der Waals surface area (Å²) in [4.78, 5) is 8.87. The third kappa shape index (κ3) is 7.75. The van der Waals surface area contributed by atoms with Crippen molar-refractivity contribution in [1.29, 1.82) is 0 Å². The van der Waals surface area contributed by atoms with Gasteiger partial charge in [0.05, 0.1) is 50.4 Å². The van der Waals surface area contributed by atoms with Crippen LogP contribution >= 0.6 is 0 Å². The van der Waals surface area contributed by atoms with E-state index >= 15 is 0 Å². The van der Waals surface area contributed by atoms with Crippen LogP contribution in [0.25, 0.3) is 0 Å². The van der Waals surface area contributed by atoms with Crippen LogP contribution < -0.4 is 19.3 Å². The molecule has 0 saturated heterocycles. The molecular weight excluding hydrogens is 621 g/mol. The zero-order valence-electron chi connectivity index (χ0n) is 31.0. The molecule has 0 spiro atoms. The maximum absolute atomic E-state index is 13.1. The molecule has 0 N–H and O–H groups in total.